The van der Waals surface area contributed by atoms with Crippen LogP contribution in [0.2, 0.25) is 0 Å². The summed E-state index contributed by atoms with van der Waals surface area (Å²) in [5.41, 5.74) is 1.28. The molecule has 1 rings (SSSR count). The summed E-state index contributed by atoms with van der Waals surface area (Å²) < 4.78 is 5.08. The highest BCUT2D eigenvalue weighted by Crippen LogP contribution is 2.11. The van der Waals surface area contributed by atoms with Crippen molar-refractivity contribution in [2.45, 2.75) is 12.8 Å². The monoisotopic (exact) mass is 204 g/mol. The third-order valence-corrected chi connectivity index (χ3v) is 2.16. The molecule has 0 heterocycles. The van der Waals surface area contributed by atoms with Crippen molar-refractivity contribution in [3.8, 4) is 11.8 Å². The molecular weight excluding hydrogens is 188 g/mol. The van der Waals surface area contributed by atoms with Crippen molar-refractivity contribution < 1.29 is 4.74 Å². The van der Waals surface area contributed by atoms with E-state index in [2.05, 4.69) is 23.5 Å². The lowest BCUT2D eigenvalue weighted by Crippen LogP contribution is -2.17. The maximum Gasteiger partial charge on any atom is 0.118 e. The maximum atomic E-state index is 8.34. The Morgan fingerprint density at radius 3 is 2.60 bits per heavy atom. The molecule has 0 aliphatic carbocycles. The van der Waals surface area contributed by atoms with Crippen molar-refractivity contribution in [1.29, 1.82) is 5.26 Å². The third-order valence-electron chi connectivity index (χ3n) is 2.16. The number of benzene rings is 1. The highest BCUT2D eigenvalue weighted by molar-refractivity contribution is 5.27. The zero-order valence-electron chi connectivity index (χ0n) is 8.99. The van der Waals surface area contributed by atoms with Gasteiger partial charge in [-0.15, -0.1) is 0 Å². The molecule has 0 amide bonds. The number of hydrogen-bond donors (Lipinski definition) is 1. The van der Waals surface area contributed by atoms with E-state index in [4.69, 9.17) is 10.00 Å². The first-order valence-electron chi connectivity index (χ1n) is 5.07. The Kier molecular flexibility index (Phi) is 5.28. The highest BCUT2D eigenvalue weighted by Gasteiger charge is 1.94. The van der Waals surface area contributed by atoms with Crippen molar-refractivity contribution in [2.75, 3.05) is 20.2 Å². The van der Waals surface area contributed by atoms with Crippen molar-refractivity contribution >= 4 is 0 Å². The molecule has 0 aromatic heterocycles. The third kappa shape index (κ3) is 4.48. The molecular formula is C12H16N2O. The first-order valence-corrected chi connectivity index (χ1v) is 5.07. The second kappa shape index (κ2) is 6.86. The Bertz CT molecular complexity index is 313. The van der Waals surface area contributed by atoms with Gasteiger partial charge in [0.25, 0.3) is 0 Å². The van der Waals surface area contributed by atoms with Gasteiger partial charge in [0, 0.05) is 13.0 Å². The van der Waals surface area contributed by atoms with Gasteiger partial charge < -0.3 is 10.1 Å². The minimum absolute atomic E-state index is 0.572. The Hall–Kier alpha value is -1.53. The van der Waals surface area contributed by atoms with Crippen LogP contribution in [0, 0.1) is 11.3 Å². The molecule has 0 aliphatic heterocycles. The molecule has 0 aliphatic rings. The molecule has 3 nitrogen and oxygen atoms in total. The lowest BCUT2D eigenvalue weighted by molar-refractivity contribution is 0.414. The first-order chi connectivity index (χ1) is 7.36. The Balaban J connectivity index is 2.23. The van der Waals surface area contributed by atoms with E-state index >= 15 is 0 Å². The van der Waals surface area contributed by atoms with Crippen LogP contribution in [0.4, 0.5) is 0 Å². The lowest BCUT2D eigenvalue weighted by atomic mass is 10.1. The van der Waals surface area contributed by atoms with Gasteiger partial charge in [0.1, 0.15) is 5.75 Å². The van der Waals surface area contributed by atoms with Gasteiger partial charge in [-0.3, -0.25) is 0 Å². The molecule has 0 saturated carbocycles. The van der Waals surface area contributed by atoms with E-state index in [1.165, 1.54) is 5.56 Å². The van der Waals surface area contributed by atoms with Crippen molar-refractivity contribution in [3.05, 3.63) is 29.8 Å². The van der Waals surface area contributed by atoms with Crippen LogP contribution in [0.25, 0.3) is 0 Å². The number of nitrogens with zero attached hydrogens (tertiary/aromatic N) is 1. The molecule has 0 atom stereocenters. The molecule has 0 spiro atoms. The smallest absolute Gasteiger partial charge is 0.118 e. The fourth-order valence-electron chi connectivity index (χ4n) is 1.29. The molecule has 1 N–H and O–H groups in total. The van der Waals surface area contributed by atoms with Crippen LogP contribution in [-0.2, 0) is 6.42 Å². The van der Waals surface area contributed by atoms with Gasteiger partial charge in [-0.1, -0.05) is 12.1 Å². The maximum absolute atomic E-state index is 8.34. The van der Waals surface area contributed by atoms with Gasteiger partial charge in [-0.05, 0) is 30.7 Å². The van der Waals surface area contributed by atoms with Crippen LogP contribution in [-0.4, -0.2) is 20.2 Å². The molecule has 1 aromatic carbocycles. The van der Waals surface area contributed by atoms with Crippen molar-refractivity contribution in [2.24, 2.45) is 0 Å². The second-order valence-electron chi connectivity index (χ2n) is 3.26. The minimum atomic E-state index is 0.572. The van der Waals surface area contributed by atoms with Gasteiger partial charge in [-0.25, -0.2) is 0 Å². The fraction of sp³-hybridized carbons (Fsp3) is 0.417. The van der Waals surface area contributed by atoms with Crippen LogP contribution in [0.5, 0.6) is 5.75 Å². The van der Waals surface area contributed by atoms with Crippen LogP contribution >= 0.6 is 0 Å². The number of nitrogens with one attached hydrogen (secondary N) is 1. The van der Waals surface area contributed by atoms with Crippen LogP contribution in [0.15, 0.2) is 24.3 Å². The number of nitriles is 1. The number of methoxy groups -OCH3 is 1. The average Bonchev–Trinajstić information content (AvgIpc) is 2.30. The number of hydrogen-bond acceptors (Lipinski definition) is 3. The first kappa shape index (κ1) is 11.5. The summed E-state index contributed by atoms with van der Waals surface area (Å²) in [5.74, 6) is 0.885. The van der Waals surface area contributed by atoms with Crippen LogP contribution < -0.4 is 10.1 Å². The quantitative estimate of drug-likeness (QED) is 0.718. The normalized spacial score (nSPS) is 9.60. The summed E-state index contributed by atoms with van der Waals surface area (Å²) in [6.07, 6.45) is 1.55. The molecule has 0 radical (unpaired) electrons. The van der Waals surface area contributed by atoms with E-state index in [0.717, 1.165) is 25.3 Å². The summed E-state index contributed by atoms with van der Waals surface area (Å²) in [6, 6.07) is 10.1. The summed E-state index contributed by atoms with van der Waals surface area (Å²) in [5, 5.41) is 11.5. The predicted octanol–water partition coefficient (Wildman–Crippen LogP) is 1.74. The summed E-state index contributed by atoms with van der Waals surface area (Å²) in [7, 11) is 1.67. The standard InChI is InChI=1S/C12H16N2O/c1-15-12-5-3-11(4-6-12)7-10-14-9-2-8-13/h3-6,14H,2,7,9-10H2,1H3. The molecule has 3 heteroatoms. The molecule has 0 saturated heterocycles. The van der Waals surface area contributed by atoms with E-state index in [1.54, 1.807) is 7.11 Å². The molecule has 0 fully saturated rings. The molecule has 80 valence electrons. The molecule has 15 heavy (non-hydrogen) atoms. The lowest BCUT2D eigenvalue weighted by Gasteiger charge is -2.04. The summed E-state index contributed by atoms with van der Waals surface area (Å²) >= 11 is 0. The summed E-state index contributed by atoms with van der Waals surface area (Å²) in [4.78, 5) is 0. The Labute approximate surface area is 90.7 Å². The van der Waals surface area contributed by atoms with E-state index in [0.29, 0.717) is 6.42 Å². The number of rotatable bonds is 6. The SMILES string of the molecule is COc1ccc(CCNCCC#N)cc1. The van der Waals surface area contributed by atoms with Gasteiger partial charge in [-0.2, -0.15) is 5.26 Å². The Morgan fingerprint density at radius 2 is 2.00 bits per heavy atom. The Morgan fingerprint density at radius 1 is 1.27 bits per heavy atom. The second-order valence-corrected chi connectivity index (χ2v) is 3.26. The van der Waals surface area contributed by atoms with Gasteiger partial charge in [0.15, 0.2) is 0 Å². The average molecular weight is 204 g/mol. The van der Waals surface area contributed by atoms with Crippen molar-refractivity contribution in [3.63, 3.8) is 0 Å². The van der Waals surface area contributed by atoms with Crippen molar-refractivity contribution in [1.82, 2.24) is 5.32 Å². The zero-order valence-corrected chi connectivity index (χ0v) is 8.99. The van der Waals surface area contributed by atoms with E-state index < -0.39 is 0 Å². The van der Waals surface area contributed by atoms with Gasteiger partial charge in [0.05, 0.1) is 13.2 Å². The zero-order chi connectivity index (χ0) is 10.9. The van der Waals surface area contributed by atoms with Crippen LogP contribution in [0.3, 0.4) is 0 Å². The molecule has 0 unspecified atom stereocenters. The van der Waals surface area contributed by atoms with Crippen LogP contribution in [0.1, 0.15) is 12.0 Å². The predicted molar refractivity (Wildman–Crippen MR) is 59.8 cm³/mol. The van der Waals surface area contributed by atoms with Gasteiger partial charge >= 0.3 is 0 Å². The minimum Gasteiger partial charge on any atom is -0.497 e. The topological polar surface area (TPSA) is 45.0 Å². The highest BCUT2D eigenvalue weighted by atomic mass is 16.5. The van der Waals surface area contributed by atoms with E-state index in [-0.39, 0.29) is 0 Å². The van der Waals surface area contributed by atoms with Gasteiger partial charge in [0.2, 0.25) is 0 Å². The van der Waals surface area contributed by atoms with E-state index in [9.17, 15) is 0 Å². The molecule has 1 aromatic rings. The largest absolute Gasteiger partial charge is 0.497 e. The molecule has 0 bridgehead atoms. The van der Waals surface area contributed by atoms with E-state index in [1.807, 2.05) is 12.1 Å². The summed E-state index contributed by atoms with van der Waals surface area (Å²) in [6.45, 7) is 1.68. The number of ether oxygens (including phenoxy) is 1. The fourth-order valence-corrected chi connectivity index (χ4v) is 1.29.